The molecule has 31 heavy (non-hydrogen) atoms. The average molecular weight is 440 g/mol. The summed E-state index contributed by atoms with van der Waals surface area (Å²) in [6.45, 7) is 3.87. The Labute approximate surface area is 187 Å². The lowest BCUT2D eigenvalue weighted by molar-refractivity contribution is 0.0638. The second-order valence-electron chi connectivity index (χ2n) is 8.28. The largest absolute Gasteiger partial charge is 0.493 e. The molecule has 1 unspecified atom stereocenters. The lowest BCUT2D eigenvalue weighted by Crippen LogP contribution is -2.41. The summed E-state index contributed by atoms with van der Waals surface area (Å²) in [4.78, 5) is 21.5. The molecule has 164 valence electrons. The van der Waals surface area contributed by atoms with E-state index in [0.29, 0.717) is 17.4 Å². The molecule has 7 nitrogen and oxygen atoms in total. The standard InChI is InChI=1S/C23H29N5O2S/c1-26(13-20-10-25-27(2)14-20)12-18-5-3-7-21(9-18)30-16-19-6-4-8-28(15-19)23(29)22-11-24-17-31-22/h3,5,7,9-11,14,17,19H,4,6,8,12-13,15-16H2,1-2H3. The second kappa shape index (κ2) is 10.1. The third-order valence-electron chi connectivity index (χ3n) is 5.50. The molecule has 0 spiro atoms. The maximum atomic E-state index is 12.6. The molecule has 1 aromatic carbocycles. The van der Waals surface area contributed by atoms with Gasteiger partial charge in [-0.05, 0) is 37.6 Å². The zero-order valence-electron chi connectivity index (χ0n) is 18.1. The molecule has 0 aliphatic carbocycles. The highest BCUT2D eigenvalue weighted by atomic mass is 32.1. The first-order valence-electron chi connectivity index (χ1n) is 10.6. The van der Waals surface area contributed by atoms with Crippen molar-refractivity contribution in [1.82, 2.24) is 24.6 Å². The summed E-state index contributed by atoms with van der Waals surface area (Å²) in [5.74, 6) is 1.33. The van der Waals surface area contributed by atoms with E-state index in [1.807, 2.05) is 41.2 Å². The van der Waals surface area contributed by atoms with Gasteiger partial charge in [0.25, 0.3) is 5.91 Å². The molecule has 1 amide bonds. The Morgan fingerprint density at radius 2 is 2.16 bits per heavy atom. The molecule has 0 bridgehead atoms. The average Bonchev–Trinajstić information content (AvgIpc) is 3.44. The molecule has 3 heterocycles. The molecule has 4 rings (SSSR count). The second-order valence-corrected chi connectivity index (χ2v) is 9.16. The van der Waals surface area contributed by atoms with Crippen LogP contribution in [0.2, 0.25) is 0 Å². The molecule has 1 saturated heterocycles. The number of hydrogen-bond acceptors (Lipinski definition) is 6. The molecular weight excluding hydrogens is 410 g/mol. The lowest BCUT2D eigenvalue weighted by atomic mass is 9.99. The quantitative estimate of drug-likeness (QED) is 0.538. The smallest absolute Gasteiger partial charge is 0.265 e. The van der Waals surface area contributed by atoms with Crippen LogP contribution in [-0.2, 0) is 20.1 Å². The molecule has 8 heteroatoms. The van der Waals surface area contributed by atoms with E-state index in [1.165, 1.54) is 22.5 Å². The monoisotopic (exact) mass is 439 g/mol. The molecule has 3 aromatic rings. The van der Waals surface area contributed by atoms with Crippen molar-refractivity contribution >= 4 is 17.2 Å². The number of benzene rings is 1. The van der Waals surface area contributed by atoms with Gasteiger partial charge in [-0.1, -0.05) is 12.1 Å². The highest BCUT2D eigenvalue weighted by Gasteiger charge is 2.25. The predicted octanol–water partition coefficient (Wildman–Crippen LogP) is 3.44. The van der Waals surface area contributed by atoms with Crippen LogP contribution in [0.25, 0.3) is 0 Å². The zero-order chi connectivity index (χ0) is 21.6. The first-order chi connectivity index (χ1) is 15.1. The molecule has 0 N–H and O–H groups in total. The molecule has 2 aromatic heterocycles. The van der Waals surface area contributed by atoms with Crippen LogP contribution in [0, 0.1) is 5.92 Å². The fourth-order valence-electron chi connectivity index (χ4n) is 4.04. The van der Waals surface area contributed by atoms with Crippen LogP contribution in [-0.4, -0.2) is 57.2 Å². The summed E-state index contributed by atoms with van der Waals surface area (Å²) in [7, 11) is 4.04. The summed E-state index contributed by atoms with van der Waals surface area (Å²) in [5.41, 5.74) is 4.13. The van der Waals surface area contributed by atoms with Gasteiger partial charge >= 0.3 is 0 Å². The van der Waals surface area contributed by atoms with Crippen LogP contribution in [0.5, 0.6) is 5.75 Å². The number of piperidine rings is 1. The SMILES string of the molecule is CN(Cc1cccc(OCC2CCCN(C(=O)c3cncs3)C2)c1)Cc1cnn(C)c1. The maximum absolute atomic E-state index is 12.6. The van der Waals surface area contributed by atoms with E-state index < -0.39 is 0 Å². The normalized spacial score (nSPS) is 16.6. The van der Waals surface area contributed by atoms with Gasteiger partial charge in [0.2, 0.25) is 0 Å². The minimum atomic E-state index is 0.0888. The number of thiazole rings is 1. The number of nitrogens with zero attached hydrogens (tertiary/aromatic N) is 5. The van der Waals surface area contributed by atoms with Crippen LogP contribution < -0.4 is 4.74 Å². The van der Waals surface area contributed by atoms with Crippen molar-refractivity contribution in [3.63, 3.8) is 0 Å². The van der Waals surface area contributed by atoms with Crippen molar-refractivity contribution in [1.29, 1.82) is 0 Å². The van der Waals surface area contributed by atoms with E-state index in [-0.39, 0.29) is 5.91 Å². The first kappa shape index (κ1) is 21.5. The summed E-state index contributed by atoms with van der Waals surface area (Å²) in [6.07, 6.45) is 7.70. The number of aryl methyl sites for hydroxylation is 1. The van der Waals surface area contributed by atoms with Crippen molar-refractivity contribution in [2.45, 2.75) is 25.9 Å². The summed E-state index contributed by atoms with van der Waals surface area (Å²) >= 11 is 1.40. The molecule has 0 saturated carbocycles. The number of amides is 1. The zero-order valence-corrected chi connectivity index (χ0v) is 18.9. The van der Waals surface area contributed by atoms with E-state index in [0.717, 1.165) is 44.8 Å². The van der Waals surface area contributed by atoms with Crippen LogP contribution in [0.3, 0.4) is 0 Å². The van der Waals surface area contributed by atoms with Gasteiger partial charge in [-0.2, -0.15) is 5.10 Å². The molecule has 1 atom stereocenters. The molecular formula is C23H29N5O2S. The Kier molecular flexibility index (Phi) is 6.99. The van der Waals surface area contributed by atoms with E-state index in [2.05, 4.69) is 34.2 Å². The van der Waals surface area contributed by atoms with Crippen LogP contribution in [0.15, 0.2) is 48.4 Å². The summed E-state index contributed by atoms with van der Waals surface area (Å²) in [5, 5.41) is 4.23. The van der Waals surface area contributed by atoms with Gasteiger partial charge in [-0.25, -0.2) is 0 Å². The third kappa shape index (κ3) is 5.92. The maximum Gasteiger partial charge on any atom is 0.265 e. The number of carbonyl (C=O) groups is 1. The predicted molar refractivity (Wildman–Crippen MR) is 121 cm³/mol. The fourth-order valence-corrected chi connectivity index (χ4v) is 4.63. The van der Waals surface area contributed by atoms with Crippen LogP contribution >= 0.6 is 11.3 Å². The molecule has 0 radical (unpaired) electrons. The Hall–Kier alpha value is -2.71. The molecule has 1 fully saturated rings. The number of hydrogen-bond donors (Lipinski definition) is 0. The number of rotatable bonds is 8. The lowest BCUT2D eigenvalue weighted by Gasteiger charge is -2.32. The van der Waals surface area contributed by atoms with E-state index in [9.17, 15) is 4.79 Å². The Bertz CT molecular complexity index is 988. The minimum absolute atomic E-state index is 0.0888. The number of likely N-dealkylation sites (tertiary alicyclic amines) is 1. The Morgan fingerprint density at radius 1 is 1.29 bits per heavy atom. The van der Waals surface area contributed by atoms with Gasteiger partial charge in [-0.3, -0.25) is 19.4 Å². The number of ether oxygens (including phenoxy) is 1. The van der Waals surface area contributed by atoms with Crippen molar-refractivity contribution in [3.05, 3.63) is 64.4 Å². The van der Waals surface area contributed by atoms with E-state index in [4.69, 9.17) is 4.74 Å². The Balaban J connectivity index is 1.28. The highest BCUT2D eigenvalue weighted by Crippen LogP contribution is 2.22. The van der Waals surface area contributed by atoms with Crippen LogP contribution in [0.4, 0.5) is 0 Å². The van der Waals surface area contributed by atoms with Gasteiger partial charge in [-0.15, -0.1) is 11.3 Å². The van der Waals surface area contributed by atoms with Gasteiger partial charge in [0.05, 0.1) is 24.5 Å². The molecule has 1 aliphatic rings. The van der Waals surface area contributed by atoms with E-state index >= 15 is 0 Å². The van der Waals surface area contributed by atoms with Gasteiger partial charge in [0.1, 0.15) is 10.6 Å². The summed E-state index contributed by atoms with van der Waals surface area (Å²) < 4.78 is 7.96. The minimum Gasteiger partial charge on any atom is -0.493 e. The topological polar surface area (TPSA) is 63.5 Å². The van der Waals surface area contributed by atoms with Crippen molar-refractivity contribution < 1.29 is 9.53 Å². The van der Waals surface area contributed by atoms with Crippen molar-refractivity contribution in [2.75, 3.05) is 26.7 Å². The van der Waals surface area contributed by atoms with Gasteiger partial charge < -0.3 is 9.64 Å². The van der Waals surface area contributed by atoms with Crippen molar-refractivity contribution in [2.24, 2.45) is 13.0 Å². The summed E-state index contributed by atoms with van der Waals surface area (Å²) in [6, 6.07) is 8.29. The van der Waals surface area contributed by atoms with Gasteiger partial charge in [0.15, 0.2) is 0 Å². The number of carbonyl (C=O) groups excluding carboxylic acids is 1. The Morgan fingerprint density at radius 3 is 2.94 bits per heavy atom. The highest BCUT2D eigenvalue weighted by molar-refractivity contribution is 7.11. The molecule has 1 aliphatic heterocycles. The number of aromatic nitrogens is 3. The van der Waals surface area contributed by atoms with Gasteiger partial charge in [0, 0.05) is 50.9 Å². The fraction of sp³-hybridized carbons (Fsp3) is 0.435. The van der Waals surface area contributed by atoms with Crippen molar-refractivity contribution in [3.8, 4) is 5.75 Å². The first-order valence-corrected chi connectivity index (χ1v) is 11.5. The third-order valence-corrected chi connectivity index (χ3v) is 6.26. The van der Waals surface area contributed by atoms with E-state index in [1.54, 1.807) is 11.7 Å². The van der Waals surface area contributed by atoms with Crippen LogP contribution in [0.1, 0.15) is 33.6 Å².